The smallest absolute Gasteiger partial charge is 0.322 e. The van der Waals surface area contributed by atoms with Gasteiger partial charge in [0.2, 0.25) is 5.91 Å². The fourth-order valence-electron chi connectivity index (χ4n) is 3.12. The number of hydrogen-bond acceptors (Lipinski definition) is 3. The van der Waals surface area contributed by atoms with Crippen LogP contribution >= 0.6 is 0 Å². The minimum absolute atomic E-state index is 0.0253. The van der Waals surface area contributed by atoms with Crippen molar-refractivity contribution in [3.8, 4) is 0 Å². The van der Waals surface area contributed by atoms with Crippen molar-refractivity contribution in [2.75, 3.05) is 7.05 Å². The predicted molar refractivity (Wildman–Crippen MR) is 79.7 cm³/mol. The Morgan fingerprint density at radius 1 is 1.29 bits per heavy atom. The van der Waals surface area contributed by atoms with E-state index in [2.05, 4.69) is 5.32 Å². The number of rotatable bonds is 3. The van der Waals surface area contributed by atoms with E-state index in [9.17, 15) is 9.59 Å². The number of carbonyl (C=O) groups is 2. The van der Waals surface area contributed by atoms with Gasteiger partial charge in [0, 0.05) is 13.1 Å². The summed E-state index contributed by atoms with van der Waals surface area (Å²) in [6, 6.07) is 9.35. The Kier molecular flexibility index (Phi) is 3.45. The molecule has 0 bridgehead atoms. The van der Waals surface area contributed by atoms with Crippen LogP contribution in [0, 0.1) is 0 Å². The number of nitrogens with zero attached hydrogens (tertiary/aromatic N) is 2. The summed E-state index contributed by atoms with van der Waals surface area (Å²) in [7, 11) is 1.76. The second-order valence-corrected chi connectivity index (χ2v) is 5.86. The zero-order valence-corrected chi connectivity index (χ0v) is 12.6. The quantitative estimate of drug-likeness (QED) is 0.862. The third kappa shape index (κ3) is 2.21. The van der Waals surface area contributed by atoms with E-state index >= 15 is 0 Å². The van der Waals surface area contributed by atoms with Gasteiger partial charge in [0.25, 0.3) is 0 Å². The normalized spacial score (nSPS) is 31.7. The molecule has 2 heterocycles. The Morgan fingerprint density at radius 2 is 1.95 bits per heavy atom. The maximum Gasteiger partial charge on any atom is 0.327 e. The van der Waals surface area contributed by atoms with Crippen molar-refractivity contribution in [3.63, 3.8) is 0 Å². The first-order valence-electron chi connectivity index (χ1n) is 7.47. The van der Waals surface area contributed by atoms with Crippen molar-refractivity contribution in [1.82, 2.24) is 15.1 Å². The minimum atomic E-state index is -0.212. The SMILES string of the molecule is CC[C@H]1N[C@@H]1C(=O)N1C(=O)N(C)[C@@H](C)[C@H]1c1ccccc1. The highest BCUT2D eigenvalue weighted by molar-refractivity contribution is 6.01. The summed E-state index contributed by atoms with van der Waals surface area (Å²) in [6.45, 7) is 4.03. The lowest BCUT2D eigenvalue weighted by molar-refractivity contribution is -0.129. The molecule has 0 unspecified atom stereocenters. The Bertz CT molecular complexity index is 560. The van der Waals surface area contributed by atoms with Crippen molar-refractivity contribution in [2.24, 2.45) is 0 Å². The number of imide groups is 1. The minimum Gasteiger partial charge on any atom is -0.322 e. The van der Waals surface area contributed by atoms with Crippen molar-refractivity contribution in [2.45, 2.75) is 44.4 Å². The summed E-state index contributed by atoms with van der Waals surface area (Å²) in [5.74, 6) is -0.100. The summed E-state index contributed by atoms with van der Waals surface area (Å²) in [4.78, 5) is 28.2. The molecule has 0 saturated carbocycles. The molecular formula is C16H21N3O2. The largest absolute Gasteiger partial charge is 0.327 e. The number of likely N-dealkylation sites (N-methyl/N-ethyl adjacent to an activating group) is 1. The lowest BCUT2D eigenvalue weighted by Crippen LogP contribution is -2.40. The maximum atomic E-state index is 12.7. The molecule has 3 rings (SSSR count). The fraction of sp³-hybridized carbons (Fsp3) is 0.500. The van der Waals surface area contributed by atoms with E-state index in [4.69, 9.17) is 0 Å². The van der Waals surface area contributed by atoms with E-state index in [1.54, 1.807) is 11.9 Å². The van der Waals surface area contributed by atoms with E-state index in [0.717, 1.165) is 12.0 Å². The summed E-state index contributed by atoms with van der Waals surface area (Å²) < 4.78 is 0. The molecule has 1 N–H and O–H groups in total. The van der Waals surface area contributed by atoms with Gasteiger partial charge < -0.3 is 4.90 Å². The van der Waals surface area contributed by atoms with Crippen LogP contribution in [0.3, 0.4) is 0 Å². The molecule has 21 heavy (non-hydrogen) atoms. The highest BCUT2D eigenvalue weighted by Gasteiger charge is 2.52. The average Bonchev–Trinajstić information content (AvgIpc) is 3.26. The summed E-state index contributed by atoms with van der Waals surface area (Å²) in [6.07, 6.45) is 0.903. The van der Waals surface area contributed by atoms with Gasteiger partial charge in [-0.2, -0.15) is 0 Å². The highest BCUT2D eigenvalue weighted by Crippen LogP contribution is 2.36. The van der Waals surface area contributed by atoms with E-state index < -0.39 is 0 Å². The van der Waals surface area contributed by atoms with Gasteiger partial charge in [-0.1, -0.05) is 37.3 Å². The summed E-state index contributed by atoms with van der Waals surface area (Å²) in [5, 5.41) is 3.16. The van der Waals surface area contributed by atoms with Crippen LogP contribution in [0.4, 0.5) is 4.79 Å². The number of carbonyl (C=O) groups excluding carboxylic acids is 2. The molecule has 1 aromatic rings. The second-order valence-electron chi connectivity index (χ2n) is 5.86. The van der Waals surface area contributed by atoms with Gasteiger partial charge in [-0.3, -0.25) is 15.0 Å². The monoisotopic (exact) mass is 287 g/mol. The summed E-state index contributed by atoms with van der Waals surface area (Å²) >= 11 is 0. The number of hydrogen-bond donors (Lipinski definition) is 1. The third-order valence-corrected chi connectivity index (χ3v) is 4.63. The van der Waals surface area contributed by atoms with E-state index in [1.165, 1.54) is 4.90 Å². The molecular weight excluding hydrogens is 266 g/mol. The molecule has 5 nitrogen and oxygen atoms in total. The topological polar surface area (TPSA) is 62.6 Å². The van der Waals surface area contributed by atoms with Crippen molar-refractivity contribution in [3.05, 3.63) is 35.9 Å². The van der Waals surface area contributed by atoms with Crippen molar-refractivity contribution < 1.29 is 9.59 Å². The first kappa shape index (κ1) is 14.1. The van der Waals surface area contributed by atoms with Gasteiger partial charge in [0.15, 0.2) is 0 Å². The standard InChI is InChI=1S/C16H21N3O2/c1-4-12-13(17-12)15(20)19-14(10(2)18(3)16(19)21)11-8-6-5-7-9-11/h5-10,12-14,17H,4H2,1-3H3/t10-,12+,13-,14-/m0/s1. The molecule has 0 aliphatic carbocycles. The average molecular weight is 287 g/mol. The molecule has 2 aliphatic heterocycles. The zero-order valence-electron chi connectivity index (χ0n) is 12.6. The van der Waals surface area contributed by atoms with Crippen LogP contribution in [0.1, 0.15) is 31.9 Å². The maximum absolute atomic E-state index is 12.7. The second kappa shape index (κ2) is 5.15. The first-order chi connectivity index (χ1) is 10.1. The first-order valence-corrected chi connectivity index (χ1v) is 7.47. The Hall–Kier alpha value is -1.88. The van der Waals surface area contributed by atoms with E-state index in [1.807, 2.05) is 44.2 Å². The van der Waals surface area contributed by atoms with Crippen LogP contribution in [0.2, 0.25) is 0 Å². The molecule has 2 saturated heterocycles. The fourth-order valence-corrected chi connectivity index (χ4v) is 3.12. The van der Waals surface area contributed by atoms with Gasteiger partial charge in [-0.05, 0) is 18.9 Å². The molecule has 3 amide bonds. The van der Waals surface area contributed by atoms with Gasteiger partial charge in [-0.25, -0.2) is 4.79 Å². The number of urea groups is 1. The molecule has 0 aromatic heterocycles. The van der Waals surface area contributed by atoms with Crippen LogP contribution in [0.5, 0.6) is 0 Å². The van der Waals surface area contributed by atoms with E-state index in [0.29, 0.717) is 0 Å². The number of nitrogens with one attached hydrogen (secondary N) is 1. The molecule has 2 fully saturated rings. The lowest BCUT2D eigenvalue weighted by Gasteiger charge is -2.24. The van der Waals surface area contributed by atoms with Crippen LogP contribution < -0.4 is 5.32 Å². The number of amides is 3. The molecule has 4 atom stereocenters. The van der Waals surface area contributed by atoms with Gasteiger partial charge in [0.05, 0.1) is 12.1 Å². The molecule has 2 aliphatic rings. The van der Waals surface area contributed by atoms with Crippen molar-refractivity contribution >= 4 is 11.9 Å². The van der Waals surface area contributed by atoms with Crippen LogP contribution in [-0.4, -0.2) is 46.9 Å². The third-order valence-electron chi connectivity index (χ3n) is 4.63. The Morgan fingerprint density at radius 3 is 2.52 bits per heavy atom. The summed E-state index contributed by atoms with van der Waals surface area (Å²) in [5.41, 5.74) is 1.00. The van der Waals surface area contributed by atoms with Gasteiger partial charge in [-0.15, -0.1) is 0 Å². The van der Waals surface area contributed by atoms with E-state index in [-0.39, 0.29) is 36.1 Å². The predicted octanol–water partition coefficient (Wildman–Crippen LogP) is 1.76. The van der Waals surface area contributed by atoms with Gasteiger partial charge in [0.1, 0.15) is 6.04 Å². The highest BCUT2D eigenvalue weighted by atomic mass is 16.2. The Balaban J connectivity index is 1.92. The molecule has 0 radical (unpaired) electrons. The van der Waals surface area contributed by atoms with Crippen LogP contribution in [-0.2, 0) is 4.79 Å². The number of benzene rings is 1. The molecule has 0 spiro atoms. The van der Waals surface area contributed by atoms with Crippen LogP contribution in [0.15, 0.2) is 30.3 Å². The van der Waals surface area contributed by atoms with Crippen molar-refractivity contribution in [1.29, 1.82) is 0 Å². The lowest BCUT2D eigenvalue weighted by atomic mass is 10.00. The van der Waals surface area contributed by atoms with Crippen LogP contribution in [0.25, 0.3) is 0 Å². The molecule has 112 valence electrons. The molecule has 1 aromatic carbocycles. The zero-order chi connectivity index (χ0) is 15.1. The van der Waals surface area contributed by atoms with Gasteiger partial charge >= 0.3 is 6.03 Å². The Labute approximate surface area is 124 Å². The molecule has 5 heteroatoms.